The van der Waals surface area contributed by atoms with Crippen molar-refractivity contribution in [3.8, 4) is 5.75 Å². The second kappa shape index (κ2) is 7.82. The van der Waals surface area contributed by atoms with E-state index in [9.17, 15) is 14.7 Å². The van der Waals surface area contributed by atoms with E-state index >= 15 is 0 Å². The van der Waals surface area contributed by atoms with Gasteiger partial charge >= 0.3 is 51.4 Å². The molecule has 1 amide bonds. The van der Waals surface area contributed by atoms with Crippen molar-refractivity contribution >= 4 is 34.1 Å². The molecule has 0 aliphatic rings. The molecule has 3 aromatic rings. The standard InChI is InChI=1S/C17H13ClN2O3.K.H/c1-20-12-9-5-8-11(18)13(12)15(21)14(17(20)23)16(22)19-10-6-3-2-4-7-10;;/h2-9,21H,1H3,(H,19,22);;/q;+1;-1. The maximum absolute atomic E-state index is 12.4. The van der Waals surface area contributed by atoms with Crippen LogP contribution >= 0.6 is 11.6 Å². The molecule has 24 heavy (non-hydrogen) atoms. The van der Waals surface area contributed by atoms with E-state index in [2.05, 4.69) is 5.32 Å². The molecule has 0 aliphatic heterocycles. The largest absolute Gasteiger partial charge is 1.00 e. The van der Waals surface area contributed by atoms with Crippen LogP contribution in [0.3, 0.4) is 0 Å². The molecule has 7 heteroatoms. The molecule has 0 spiro atoms. The fourth-order valence-corrected chi connectivity index (χ4v) is 2.71. The number of benzene rings is 2. The monoisotopic (exact) mass is 368 g/mol. The molecule has 0 atom stereocenters. The number of fused-ring (bicyclic) bond motifs is 1. The summed E-state index contributed by atoms with van der Waals surface area (Å²) in [7, 11) is 1.53. The first-order valence-corrected chi connectivity index (χ1v) is 7.25. The van der Waals surface area contributed by atoms with E-state index in [4.69, 9.17) is 11.6 Å². The summed E-state index contributed by atoms with van der Waals surface area (Å²) in [5.74, 6) is -1.10. The van der Waals surface area contributed by atoms with E-state index in [-0.39, 0.29) is 68.8 Å². The Kier molecular flexibility index (Phi) is 6.25. The summed E-state index contributed by atoms with van der Waals surface area (Å²) in [5, 5.41) is 13.6. The van der Waals surface area contributed by atoms with E-state index in [1.165, 1.54) is 11.6 Å². The minimum atomic E-state index is -0.684. The van der Waals surface area contributed by atoms with Crippen LogP contribution in [0.25, 0.3) is 10.9 Å². The summed E-state index contributed by atoms with van der Waals surface area (Å²) >= 11 is 6.12. The Morgan fingerprint density at radius 1 is 1.17 bits per heavy atom. The molecule has 0 saturated carbocycles. The number of para-hydroxylation sites is 1. The molecule has 118 valence electrons. The first kappa shape index (κ1) is 19.2. The number of carbonyl (C=O) groups is 1. The molecule has 1 aromatic heterocycles. The van der Waals surface area contributed by atoms with Crippen molar-refractivity contribution in [3.63, 3.8) is 0 Å². The number of aromatic hydroxyl groups is 1. The topological polar surface area (TPSA) is 71.3 Å². The van der Waals surface area contributed by atoms with Crippen molar-refractivity contribution in [2.75, 3.05) is 5.32 Å². The van der Waals surface area contributed by atoms with Crippen LogP contribution in [0.1, 0.15) is 11.8 Å². The predicted octanol–water partition coefficient (Wildman–Crippen LogP) is 0.266. The average Bonchev–Trinajstić information content (AvgIpc) is 2.53. The second-order valence-corrected chi connectivity index (χ2v) is 5.45. The number of pyridine rings is 1. The molecule has 0 radical (unpaired) electrons. The molecule has 2 N–H and O–H groups in total. The fraction of sp³-hybridized carbons (Fsp3) is 0.0588. The molecule has 2 aromatic carbocycles. The molecule has 1 heterocycles. The Morgan fingerprint density at radius 2 is 1.83 bits per heavy atom. The van der Waals surface area contributed by atoms with Gasteiger partial charge < -0.3 is 16.4 Å². The summed E-state index contributed by atoms with van der Waals surface area (Å²) in [4.78, 5) is 24.9. The minimum Gasteiger partial charge on any atom is -1.00 e. The number of amides is 1. The van der Waals surface area contributed by atoms with Crippen LogP contribution in [0, 0.1) is 0 Å². The summed E-state index contributed by atoms with van der Waals surface area (Å²) in [6.07, 6.45) is 0. The molecular weight excluding hydrogens is 355 g/mol. The molecule has 0 saturated heterocycles. The Labute approximate surface area is 187 Å². The van der Waals surface area contributed by atoms with Gasteiger partial charge in [-0.3, -0.25) is 9.59 Å². The summed E-state index contributed by atoms with van der Waals surface area (Å²) in [6, 6.07) is 13.6. The number of anilines is 1. The normalized spacial score (nSPS) is 10.2. The number of nitrogens with one attached hydrogen (secondary N) is 1. The molecule has 0 bridgehead atoms. The molecule has 0 fully saturated rings. The van der Waals surface area contributed by atoms with Crippen molar-refractivity contribution < 1.29 is 62.7 Å². The van der Waals surface area contributed by atoms with Gasteiger partial charge in [-0.1, -0.05) is 35.9 Å². The summed E-state index contributed by atoms with van der Waals surface area (Å²) in [5.41, 5.74) is 0.0529. The van der Waals surface area contributed by atoms with E-state index < -0.39 is 17.2 Å². The zero-order valence-electron chi connectivity index (χ0n) is 14.2. The van der Waals surface area contributed by atoms with Crippen molar-refractivity contribution in [2.24, 2.45) is 7.05 Å². The number of hydrogen-bond donors (Lipinski definition) is 2. The Hall–Kier alpha value is -1.15. The minimum absolute atomic E-state index is 0. The number of nitrogens with zero attached hydrogens (tertiary/aromatic N) is 1. The van der Waals surface area contributed by atoms with E-state index in [0.29, 0.717) is 11.2 Å². The quantitative estimate of drug-likeness (QED) is 0.638. The Morgan fingerprint density at radius 3 is 2.50 bits per heavy atom. The van der Waals surface area contributed by atoms with Crippen molar-refractivity contribution in [1.82, 2.24) is 4.57 Å². The molecule has 0 aliphatic carbocycles. The molecule has 0 unspecified atom stereocenters. The van der Waals surface area contributed by atoms with Gasteiger partial charge in [0, 0.05) is 12.7 Å². The van der Waals surface area contributed by atoms with Crippen molar-refractivity contribution in [1.29, 1.82) is 0 Å². The first-order valence-electron chi connectivity index (χ1n) is 6.87. The summed E-state index contributed by atoms with van der Waals surface area (Å²) in [6.45, 7) is 0. The smallest absolute Gasteiger partial charge is 1.00 e. The third kappa shape index (κ3) is 3.44. The SMILES string of the molecule is Cn1c(=O)c(C(=O)Nc2ccccc2)c(O)c2c(Cl)cccc21.[H-].[K+]. The van der Waals surface area contributed by atoms with Crippen LogP contribution in [-0.4, -0.2) is 15.6 Å². The molecule has 5 nitrogen and oxygen atoms in total. The van der Waals surface area contributed by atoms with Gasteiger partial charge in [-0.15, -0.1) is 0 Å². The average molecular weight is 369 g/mol. The Bertz CT molecular complexity index is 977. The molecule has 3 rings (SSSR count). The van der Waals surface area contributed by atoms with Gasteiger partial charge in [0.1, 0.15) is 11.3 Å². The zero-order chi connectivity index (χ0) is 16.6. The van der Waals surface area contributed by atoms with Gasteiger partial charge in [-0.25, -0.2) is 0 Å². The van der Waals surface area contributed by atoms with E-state index in [1.54, 1.807) is 42.5 Å². The van der Waals surface area contributed by atoms with Crippen molar-refractivity contribution in [3.05, 3.63) is 69.5 Å². The van der Waals surface area contributed by atoms with Crippen LogP contribution in [-0.2, 0) is 7.05 Å². The maximum atomic E-state index is 12.4. The van der Waals surface area contributed by atoms with E-state index in [0.717, 1.165) is 0 Å². The van der Waals surface area contributed by atoms with Crippen LogP contribution in [0.15, 0.2) is 53.3 Å². The third-order valence-corrected chi connectivity index (χ3v) is 3.92. The zero-order valence-corrected chi connectivity index (χ0v) is 17.1. The Balaban J connectivity index is 0.00000156. The fourth-order valence-electron chi connectivity index (χ4n) is 2.45. The number of aromatic nitrogens is 1. The number of aryl methyl sites for hydroxylation is 1. The molecular formula is C17H14ClKN2O3. The van der Waals surface area contributed by atoms with Gasteiger partial charge in [0.2, 0.25) is 0 Å². The van der Waals surface area contributed by atoms with Gasteiger partial charge in [0.05, 0.1) is 15.9 Å². The number of halogens is 1. The van der Waals surface area contributed by atoms with Gasteiger partial charge in [-0.2, -0.15) is 0 Å². The van der Waals surface area contributed by atoms with Gasteiger partial charge in [0.25, 0.3) is 11.5 Å². The maximum Gasteiger partial charge on any atom is 1.00 e. The number of carbonyl (C=O) groups excluding carboxylic acids is 1. The van der Waals surface area contributed by atoms with Gasteiger partial charge in [0.15, 0.2) is 0 Å². The van der Waals surface area contributed by atoms with Crippen LogP contribution in [0.5, 0.6) is 5.75 Å². The van der Waals surface area contributed by atoms with E-state index in [1.807, 2.05) is 6.07 Å². The first-order chi connectivity index (χ1) is 11.0. The van der Waals surface area contributed by atoms with Gasteiger partial charge in [-0.05, 0) is 24.3 Å². The third-order valence-electron chi connectivity index (χ3n) is 3.60. The summed E-state index contributed by atoms with van der Waals surface area (Å²) < 4.78 is 1.29. The predicted molar refractivity (Wildman–Crippen MR) is 91.4 cm³/mol. The van der Waals surface area contributed by atoms with Crippen LogP contribution in [0.4, 0.5) is 5.69 Å². The number of rotatable bonds is 2. The van der Waals surface area contributed by atoms with Crippen LogP contribution in [0.2, 0.25) is 5.02 Å². The van der Waals surface area contributed by atoms with Crippen molar-refractivity contribution in [2.45, 2.75) is 0 Å². The second-order valence-electron chi connectivity index (χ2n) is 5.04. The number of hydrogen-bond acceptors (Lipinski definition) is 3. The van der Waals surface area contributed by atoms with Crippen LogP contribution < -0.4 is 62.3 Å².